The largest absolute Gasteiger partial charge is 0.340 e. The predicted molar refractivity (Wildman–Crippen MR) is 107 cm³/mol. The molecule has 0 aromatic heterocycles. The molecule has 6 nitrogen and oxygen atoms in total. The van der Waals surface area contributed by atoms with Crippen molar-refractivity contribution in [2.45, 2.75) is 50.3 Å². The topological polar surface area (TPSA) is 66.9 Å². The summed E-state index contributed by atoms with van der Waals surface area (Å²) < 4.78 is 29.5. The Hall–Kier alpha value is -1.44. The van der Waals surface area contributed by atoms with E-state index >= 15 is 0 Å². The van der Waals surface area contributed by atoms with E-state index in [2.05, 4.69) is 4.90 Å². The van der Waals surface area contributed by atoms with Crippen molar-refractivity contribution < 1.29 is 17.4 Å². The molecule has 0 N–H and O–H groups in total. The second-order valence-electron chi connectivity index (χ2n) is 7.44. The van der Waals surface area contributed by atoms with Gasteiger partial charge in [-0.05, 0) is 58.3 Å². The Morgan fingerprint density at radius 3 is 2.67 bits per heavy atom. The first kappa shape index (κ1) is 21.9. The zero-order chi connectivity index (χ0) is 19.7. The van der Waals surface area contributed by atoms with Gasteiger partial charge in [0.1, 0.15) is 5.75 Å². The number of hydrogen-bond acceptors (Lipinski definition) is 5. The Morgan fingerprint density at radius 1 is 1.22 bits per heavy atom. The monoisotopic (exact) mass is 396 g/mol. The van der Waals surface area contributed by atoms with E-state index in [1.54, 1.807) is 12.1 Å². The van der Waals surface area contributed by atoms with Gasteiger partial charge in [0.2, 0.25) is 5.91 Å². The third kappa shape index (κ3) is 7.99. The van der Waals surface area contributed by atoms with Crippen molar-refractivity contribution in [3.63, 3.8) is 0 Å². The molecular weight excluding hydrogens is 364 g/mol. The normalized spacial score (nSPS) is 18.0. The van der Waals surface area contributed by atoms with Crippen LogP contribution in [0.2, 0.25) is 0 Å². The summed E-state index contributed by atoms with van der Waals surface area (Å²) in [6, 6.07) is 9.10. The molecule has 1 atom stereocenters. The zero-order valence-electron chi connectivity index (χ0n) is 16.5. The summed E-state index contributed by atoms with van der Waals surface area (Å²) in [4.78, 5) is 16.6. The van der Waals surface area contributed by atoms with Gasteiger partial charge in [-0.25, -0.2) is 0 Å². The average Bonchev–Trinajstić information content (AvgIpc) is 2.62. The zero-order valence-corrected chi connectivity index (χ0v) is 17.3. The van der Waals surface area contributed by atoms with Crippen molar-refractivity contribution in [3.8, 4) is 0 Å². The van der Waals surface area contributed by atoms with Crippen LogP contribution in [0.15, 0.2) is 30.3 Å². The molecule has 1 aliphatic heterocycles. The summed E-state index contributed by atoms with van der Waals surface area (Å²) in [6.45, 7) is 1.79. The third-order valence-electron chi connectivity index (χ3n) is 4.84. The number of hydrogen-bond donors (Lipinski definition) is 0. The van der Waals surface area contributed by atoms with Crippen molar-refractivity contribution in [2.24, 2.45) is 0 Å². The molecule has 0 radical (unpaired) electrons. The summed E-state index contributed by atoms with van der Waals surface area (Å²) in [7, 11) is 0.397. The fraction of sp³-hybridized carbons (Fsp3) is 0.650. The van der Waals surface area contributed by atoms with Crippen LogP contribution in [0.25, 0.3) is 0 Å². The highest BCUT2D eigenvalue weighted by molar-refractivity contribution is 7.85. The van der Waals surface area contributed by atoms with Gasteiger partial charge in [0, 0.05) is 19.0 Å². The van der Waals surface area contributed by atoms with Crippen molar-refractivity contribution in [1.82, 2.24) is 9.80 Å². The maximum absolute atomic E-state index is 12.5. The van der Waals surface area contributed by atoms with E-state index in [0.717, 1.165) is 38.8 Å². The second kappa shape index (κ2) is 10.8. The van der Waals surface area contributed by atoms with Crippen LogP contribution in [0.4, 0.5) is 0 Å². The molecule has 1 aromatic carbocycles. The standard InChI is InChI=1S/C20H32N2O4S/c1-21(2)14-8-12-20(23)22-15-7-6-11-19(22)13-16-26-27(24,25)17-18-9-4-3-5-10-18/h3-5,9-10,19H,6-8,11-17H2,1-2H3. The Balaban J connectivity index is 1.80. The first-order valence-electron chi connectivity index (χ1n) is 9.72. The summed E-state index contributed by atoms with van der Waals surface area (Å²) in [5, 5.41) is 0. The van der Waals surface area contributed by atoms with Gasteiger partial charge in [-0.1, -0.05) is 30.3 Å². The lowest BCUT2D eigenvalue weighted by Crippen LogP contribution is -2.44. The molecule has 7 heteroatoms. The van der Waals surface area contributed by atoms with Gasteiger partial charge in [-0.2, -0.15) is 8.42 Å². The number of likely N-dealkylation sites (tertiary alicyclic amines) is 1. The first-order valence-corrected chi connectivity index (χ1v) is 11.3. The van der Waals surface area contributed by atoms with Gasteiger partial charge in [0.15, 0.2) is 0 Å². The molecule has 1 aliphatic rings. The lowest BCUT2D eigenvalue weighted by Gasteiger charge is -2.36. The van der Waals surface area contributed by atoms with Crippen LogP contribution in [-0.4, -0.2) is 64.0 Å². The molecule has 1 saturated heterocycles. The third-order valence-corrected chi connectivity index (χ3v) is 6.06. The molecule has 1 heterocycles. The molecule has 0 spiro atoms. The highest BCUT2D eigenvalue weighted by Gasteiger charge is 2.26. The molecule has 0 saturated carbocycles. The van der Waals surface area contributed by atoms with Crippen molar-refractivity contribution in [1.29, 1.82) is 0 Å². The molecule has 1 fully saturated rings. The van der Waals surface area contributed by atoms with Gasteiger partial charge in [0.05, 0.1) is 6.61 Å². The van der Waals surface area contributed by atoms with Gasteiger partial charge in [0.25, 0.3) is 10.1 Å². The summed E-state index contributed by atoms with van der Waals surface area (Å²) >= 11 is 0. The predicted octanol–water partition coefficient (Wildman–Crippen LogP) is 2.65. The van der Waals surface area contributed by atoms with Crippen LogP contribution >= 0.6 is 0 Å². The lowest BCUT2D eigenvalue weighted by molar-refractivity contribution is -0.135. The van der Waals surface area contributed by atoms with Gasteiger partial charge < -0.3 is 9.80 Å². The van der Waals surface area contributed by atoms with Crippen molar-refractivity contribution in [2.75, 3.05) is 33.8 Å². The average molecular weight is 397 g/mol. The summed E-state index contributed by atoms with van der Waals surface area (Å²) in [6.07, 6.45) is 4.96. The Bertz CT molecular complexity index is 676. The molecule has 1 amide bonds. The first-order chi connectivity index (χ1) is 12.9. The lowest BCUT2D eigenvalue weighted by atomic mass is 9.99. The van der Waals surface area contributed by atoms with E-state index in [0.29, 0.717) is 18.4 Å². The smallest absolute Gasteiger partial charge is 0.271 e. The van der Waals surface area contributed by atoms with E-state index < -0.39 is 10.1 Å². The number of benzene rings is 1. The minimum absolute atomic E-state index is 0.0810. The van der Waals surface area contributed by atoms with E-state index in [1.807, 2.05) is 37.2 Å². The van der Waals surface area contributed by atoms with Crippen LogP contribution in [0.5, 0.6) is 0 Å². The minimum Gasteiger partial charge on any atom is -0.340 e. The number of carbonyl (C=O) groups is 1. The fourth-order valence-electron chi connectivity index (χ4n) is 3.45. The molecule has 1 unspecified atom stereocenters. The molecule has 1 aromatic rings. The van der Waals surface area contributed by atoms with Crippen LogP contribution in [0.3, 0.4) is 0 Å². The highest BCUT2D eigenvalue weighted by Crippen LogP contribution is 2.21. The highest BCUT2D eigenvalue weighted by atomic mass is 32.2. The molecule has 27 heavy (non-hydrogen) atoms. The van der Waals surface area contributed by atoms with Gasteiger partial charge in [-0.15, -0.1) is 0 Å². The SMILES string of the molecule is CN(C)CCCC(=O)N1CCCCC1CCOS(=O)(=O)Cc1ccccc1. The fourth-order valence-corrected chi connectivity index (χ4v) is 4.48. The maximum atomic E-state index is 12.5. The molecule has 152 valence electrons. The molecule has 0 aliphatic carbocycles. The number of piperidine rings is 1. The van der Waals surface area contributed by atoms with Crippen LogP contribution in [0.1, 0.15) is 44.1 Å². The van der Waals surface area contributed by atoms with Crippen molar-refractivity contribution in [3.05, 3.63) is 35.9 Å². The quantitative estimate of drug-likeness (QED) is 0.569. The van der Waals surface area contributed by atoms with Crippen molar-refractivity contribution >= 4 is 16.0 Å². The molecular formula is C20H32N2O4S. The molecule has 2 rings (SSSR count). The summed E-state index contributed by atoms with van der Waals surface area (Å²) in [5.74, 6) is 0.0554. The van der Waals surface area contributed by atoms with Crippen LogP contribution < -0.4 is 0 Å². The Morgan fingerprint density at radius 2 is 1.96 bits per heavy atom. The number of rotatable bonds is 10. The van der Waals surface area contributed by atoms with Gasteiger partial charge >= 0.3 is 0 Å². The second-order valence-corrected chi connectivity index (χ2v) is 9.08. The van der Waals surface area contributed by atoms with Gasteiger partial charge in [-0.3, -0.25) is 8.98 Å². The summed E-state index contributed by atoms with van der Waals surface area (Å²) in [5.41, 5.74) is 0.716. The van der Waals surface area contributed by atoms with E-state index in [4.69, 9.17) is 4.18 Å². The van der Waals surface area contributed by atoms with E-state index in [1.165, 1.54) is 0 Å². The Labute approximate surface area is 163 Å². The number of carbonyl (C=O) groups excluding carboxylic acids is 1. The van der Waals surface area contributed by atoms with E-state index in [9.17, 15) is 13.2 Å². The van der Waals surface area contributed by atoms with E-state index in [-0.39, 0.29) is 24.3 Å². The molecule has 0 bridgehead atoms. The number of nitrogens with zero attached hydrogens (tertiary/aromatic N) is 2. The number of amides is 1. The maximum Gasteiger partial charge on any atom is 0.271 e. The minimum atomic E-state index is -3.61. The van der Waals surface area contributed by atoms with Crippen LogP contribution in [0, 0.1) is 0 Å². The van der Waals surface area contributed by atoms with Crippen LogP contribution in [-0.2, 0) is 24.8 Å². The Kier molecular flexibility index (Phi) is 8.73.